The minimum absolute atomic E-state index is 0.0534. The Morgan fingerprint density at radius 2 is 1.88 bits per heavy atom. The molecule has 1 N–H and O–H groups in total. The second kappa shape index (κ2) is 6.58. The van der Waals surface area contributed by atoms with Gasteiger partial charge in [-0.15, -0.1) is 0 Å². The lowest BCUT2D eigenvalue weighted by molar-refractivity contribution is -0.142. The van der Waals surface area contributed by atoms with Crippen molar-refractivity contribution in [3.63, 3.8) is 0 Å². The first-order valence-corrected chi connectivity index (χ1v) is 8.94. The summed E-state index contributed by atoms with van der Waals surface area (Å²) in [6.07, 6.45) is 4.10. The van der Waals surface area contributed by atoms with Gasteiger partial charge in [-0.1, -0.05) is 50.6 Å². The van der Waals surface area contributed by atoms with Crippen LogP contribution in [0.4, 0.5) is 0 Å². The standard InChI is InChI=1S/C20H27NO3/c1-20(2)10-6-9-15(11-20)18(22)21-12-16(17(13-21)19(23)24)14-7-4-3-5-8-14/h3-5,7-8,15-17H,6,9-13H2,1-2H3,(H,23,24). The van der Waals surface area contributed by atoms with Gasteiger partial charge in [0.05, 0.1) is 5.92 Å². The quantitative estimate of drug-likeness (QED) is 0.923. The first-order valence-electron chi connectivity index (χ1n) is 8.94. The molecule has 0 spiro atoms. The molecule has 1 saturated carbocycles. The third-order valence-corrected chi connectivity index (χ3v) is 5.73. The van der Waals surface area contributed by atoms with E-state index in [4.69, 9.17) is 0 Å². The number of hydrogen-bond acceptors (Lipinski definition) is 2. The summed E-state index contributed by atoms with van der Waals surface area (Å²) in [5.41, 5.74) is 1.23. The van der Waals surface area contributed by atoms with Crippen molar-refractivity contribution in [1.29, 1.82) is 0 Å². The van der Waals surface area contributed by atoms with Gasteiger partial charge < -0.3 is 10.0 Å². The fraction of sp³-hybridized carbons (Fsp3) is 0.600. The number of carbonyl (C=O) groups is 2. The highest BCUT2D eigenvalue weighted by Gasteiger charge is 2.43. The van der Waals surface area contributed by atoms with Gasteiger partial charge in [0.1, 0.15) is 0 Å². The number of nitrogens with zero attached hydrogens (tertiary/aromatic N) is 1. The molecule has 0 bridgehead atoms. The molecule has 0 radical (unpaired) electrons. The molecule has 3 rings (SSSR count). The molecular formula is C20H27NO3. The van der Waals surface area contributed by atoms with Gasteiger partial charge in [-0.25, -0.2) is 0 Å². The molecule has 3 unspecified atom stereocenters. The molecule has 1 aliphatic heterocycles. The van der Waals surface area contributed by atoms with Crippen LogP contribution in [-0.4, -0.2) is 35.0 Å². The van der Waals surface area contributed by atoms with Crippen LogP contribution in [0.1, 0.15) is 51.0 Å². The fourth-order valence-corrected chi connectivity index (χ4v) is 4.44. The summed E-state index contributed by atoms with van der Waals surface area (Å²) in [4.78, 5) is 26.5. The lowest BCUT2D eigenvalue weighted by Crippen LogP contribution is -2.38. The van der Waals surface area contributed by atoms with E-state index >= 15 is 0 Å². The van der Waals surface area contributed by atoms with Crippen molar-refractivity contribution in [1.82, 2.24) is 4.90 Å². The highest BCUT2D eigenvalue weighted by molar-refractivity contribution is 5.81. The molecular weight excluding hydrogens is 302 g/mol. The third-order valence-electron chi connectivity index (χ3n) is 5.73. The van der Waals surface area contributed by atoms with E-state index < -0.39 is 11.9 Å². The van der Waals surface area contributed by atoms with Gasteiger partial charge in [-0.05, 0) is 30.2 Å². The minimum Gasteiger partial charge on any atom is -0.481 e. The number of likely N-dealkylation sites (tertiary alicyclic amines) is 1. The van der Waals surface area contributed by atoms with E-state index in [1.807, 2.05) is 35.2 Å². The molecule has 1 heterocycles. The fourth-order valence-electron chi connectivity index (χ4n) is 4.44. The number of carboxylic acid groups (broad SMARTS) is 1. The van der Waals surface area contributed by atoms with Crippen molar-refractivity contribution in [2.24, 2.45) is 17.3 Å². The maximum atomic E-state index is 13.0. The van der Waals surface area contributed by atoms with Crippen LogP contribution < -0.4 is 0 Å². The molecule has 4 heteroatoms. The molecule has 1 aromatic rings. The van der Waals surface area contributed by atoms with E-state index in [9.17, 15) is 14.7 Å². The summed E-state index contributed by atoms with van der Waals surface area (Å²) in [6, 6.07) is 9.74. The van der Waals surface area contributed by atoms with Crippen LogP contribution in [0.5, 0.6) is 0 Å². The summed E-state index contributed by atoms with van der Waals surface area (Å²) in [7, 11) is 0. The molecule has 1 saturated heterocycles. The van der Waals surface area contributed by atoms with Crippen molar-refractivity contribution in [2.75, 3.05) is 13.1 Å². The molecule has 0 aromatic heterocycles. The normalized spacial score (nSPS) is 29.4. The van der Waals surface area contributed by atoms with Crippen molar-refractivity contribution >= 4 is 11.9 Å². The van der Waals surface area contributed by atoms with Crippen LogP contribution >= 0.6 is 0 Å². The highest BCUT2D eigenvalue weighted by atomic mass is 16.4. The Labute approximate surface area is 143 Å². The van der Waals surface area contributed by atoms with E-state index in [0.717, 1.165) is 24.8 Å². The van der Waals surface area contributed by atoms with E-state index in [1.165, 1.54) is 6.42 Å². The van der Waals surface area contributed by atoms with Crippen LogP contribution in [0.15, 0.2) is 30.3 Å². The highest BCUT2D eigenvalue weighted by Crippen LogP contribution is 2.41. The topological polar surface area (TPSA) is 57.6 Å². The summed E-state index contributed by atoms with van der Waals surface area (Å²) in [5.74, 6) is -1.20. The lowest BCUT2D eigenvalue weighted by Gasteiger charge is -2.36. The monoisotopic (exact) mass is 329 g/mol. The average Bonchev–Trinajstić information content (AvgIpc) is 2.99. The number of hydrogen-bond donors (Lipinski definition) is 1. The van der Waals surface area contributed by atoms with E-state index in [0.29, 0.717) is 13.1 Å². The van der Waals surface area contributed by atoms with E-state index in [1.54, 1.807) is 0 Å². The van der Waals surface area contributed by atoms with Crippen molar-refractivity contribution < 1.29 is 14.7 Å². The van der Waals surface area contributed by atoms with Crippen LogP contribution in [-0.2, 0) is 9.59 Å². The zero-order valence-corrected chi connectivity index (χ0v) is 14.6. The minimum atomic E-state index is -0.803. The number of benzene rings is 1. The maximum Gasteiger partial charge on any atom is 0.308 e. The second-order valence-corrected chi connectivity index (χ2v) is 8.16. The van der Waals surface area contributed by atoms with Crippen LogP contribution in [0.25, 0.3) is 0 Å². The molecule has 1 amide bonds. The van der Waals surface area contributed by atoms with Gasteiger partial charge in [0.25, 0.3) is 0 Å². The number of carbonyl (C=O) groups excluding carboxylic acids is 1. The Bertz CT molecular complexity index is 611. The van der Waals surface area contributed by atoms with Crippen LogP contribution in [0.2, 0.25) is 0 Å². The SMILES string of the molecule is CC1(C)CCCC(C(=O)N2CC(C(=O)O)C(c3ccccc3)C2)C1. The van der Waals surface area contributed by atoms with Gasteiger partial charge in [0.2, 0.25) is 5.91 Å². The Morgan fingerprint density at radius 3 is 2.50 bits per heavy atom. The number of carboxylic acids is 1. The summed E-state index contributed by atoms with van der Waals surface area (Å²) >= 11 is 0. The van der Waals surface area contributed by atoms with Gasteiger partial charge in [0.15, 0.2) is 0 Å². The first-order chi connectivity index (χ1) is 11.4. The Hall–Kier alpha value is -1.84. The van der Waals surface area contributed by atoms with E-state index in [-0.39, 0.29) is 23.2 Å². The molecule has 1 aromatic carbocycles. The lowest BCUT2D eigenvalue weighted by atomic mass is 9.72. The zero-order chi connectivity index (χ0) is 17.3. The maximum absolute atomic E-state index is 13.0. The summed E-state index contributed by atoms with van der Waals surface area (Å²) in [5, 5.41) is 9.60. The van der Waals surface area contributed by atoms with E-state index in [2.05, 4.69) is 13.8 Å². The Morgan fingerprint density at radius 1 is 1.17 bits per heavy atom. The van der Waals surface area contributed by atoms with Crippen molar-refractivity contribution in [2.45, 2.75) is 45.4 Å². The predicted octanol–water partition coefficient (Wildman–Crippen LogP) is 3.53. The molecule has 2 fully saturated rings. The zero-order valence-electron chi connectivity index (χ0n) is 14.6. The largest absolute Gasteiger partial charge is 0.481 e. The predicted molar refractivity (Wildman–Crippen MR) is 92.6 cm³/mol. The summed E-state index contributed by atoms with van der Waals surface area (Å²) in [6.45, 7) is 5.31. The second-order valence-electron chi connectivity index (χ2n) is 8.16. The van der Waals surface area contributed by atoms with Gasteiger partial charge in [-0.2, -0.15) is 0 Å². The van der Waals surface area contributed by atoms with Crippen molar-refractivity contribution in [3.8, 4) is 0 Å². The van der Waals surface area contributed by atoms with Crippen LogP contribution in [0, 0.1) is 17.3 Å². The first kappa shape index (κ1) is 17.0. The number of rotatable bonds is 3. The molecule has 4 nitrogen and oxygen atoms in total. The average molecular weight is 329 g/mol. The molecule has 2 aliphatic rings. The van der Waals surface area contributed by atoms with Crippen LogP contribution in [0.3, 0.4) is 0 Å². The summed E-state index contributed by atoms with van der Waals surface area (Å²) < 4.78 is 0. The molecule has 3 atom stereocenters. The number of aliphatic carboxylic acids is 1. The van der Waals surface area contributed by atoms with Gasteiger partial charge in [-0.3, -0.25) is 9.59 Å². The van der Waals surface area contributed by atoms with Crippen molar-refractivity contribution in [3.05, 3.63) is 35.9 Å². The molecule has 24 heavy (non-hydrogen) atoms. The molecule has 130 valence electrons. The smallest absolute Gasteiger partial charge is 0.308 e. The number of amides is 1. The third kappa shape index (κ3) is 3.47. The molecule has 1 aliphatic carbocycles. The van der Waals surface area contributed by atoms with Gasteiger partial charge >= 0.3 is 5.97 Å². The van der Waals surface area contributed by atoms with Gasteiger partial charge in [0, 0.05) is 24.9 Å². The Balaban J connectivity index is 1.75. The Kier molecular flexibility index (Phi) is 4.66.